The van der Waals surface area contributed by atoms with Crippen molar-refractivity contribution >= 4 is 62.3 Å². The van der Waals surface area contributed by atoms with E-state index >= 15 is 0 Å². The standard InChI is InChI=1S/C24H31ClN4OS.ClH/c1-5-27(6-2)16-17-29(24-26-22-20(25)10-9-11-21(22)31-24)23(30)18-12-14-19(15-13-18)28(7-3)8-4;/h9-15H,5-8,16-17H2,1-4H3;1H. The van der Waals surface area contributed by atoms with Gasteiger partial charge >= 0.3 is 0 Å². The van der Waals surface area contributed by atoms with Crippen molar-refractivity contribution in [1.82, 2.24) is 9.88 Å². The summed E-state index contributed by atoms with van der Waals surface area (Å²) < 4.78 is 0.986. The Morgan fingerprint density at radius 1 is 0.938 bits per heavy atom. The molecule has 0 unspecified atom stereocenters. The van der Waals surface area contributed by atoms with Gasteiger partial charge in [0.1, 0.15) is 5.52 Å². The number of nitrogens with zero attached hydrogens (tertiary/aromatic N) is 4. The number of hydrogen-bond donors (Lipinski definition) is 0. The van der Waals surface area contributed by atoms with Gasteiger partial charge in [0, 0.05) is 37.4 Å². The van der Waals surface area contributed by atoms with Crippen molar-refractivity contribution in [3.63, 3.8) is 0 Å². The molecule has 1 heterocycles. The van der Waals surface area contributed by atoms with Crippen molar-refractivity contribution in [2.75, 3.05) is 49.1 Å². The molecule has 174 valence electrons. The Morgan fingerprint density at radius 2 is 1.59 bits per heavy atom. The first-order valence-corrected chi connectivity index (χ1v) is 12.2. The molecular formula is C24H32Cl2N4OS. The van der Waals surface area contributed by atoms with Crippen molar-refractivity contribution in [1.29, 1.82) is 0 Å². The highest BCUT2D eigenvalue weighted by atomic mass is 35.5. The van der Waals surface area contributed by atoms with E-state index in [4.69, 9.17) is 16.6 Å². The number of carbonyl (C=O) groups excluding carboxylic acids is 1. The second-order valence-electron chi connectivity index (χ2n) is 7.29. The highest BCUT2D eigenvalue weighted by Gasteiger charge is 2.22. The zero-order valence-corrected chi connectivity index (χ0v) is 21.6. The first-order valence-electron chi connectivity index (χ1n) is 11.0. The number of anilines is 2. The summed E-state index contributed by atoms with van der Waals surface area (Å²) in [7, 11) is 0. The van der Waals surface area contributed by atoms with Crippen LogP contribution in [0.15, 0.2) is 42.5 Å². The van der Waals surface area contributed by atoms with Crippen LogP contribution in [0.1, 0.15) is 38.1 Å². The zero-order chi connectivity index (χ0) is 22.4. The summed E-state index contributed by atoms with van der Waals surface area (Å²) in [5, 5.41) is 1.30. The third-order valence-corrected chi connectivity index (χ3v) is 6.96. The van der Waals surface area contributed by atoms with Crippen molar-refractivity contribution in [3.05, 3.63) is 53.1 Å². The molecule has 32 heavy (non-hydrogen) atoms. The van der Waals surface area contributed by atoms with E-state index in [2.05, 4.69) is 37.5 Å². The van der Waals surface area contributed by atoms with Crippen molar-refractivity contribution in [2.24, 2.45) is 0 Å². The third-order valence-electron chi connectivity index (χ3n) is 5.61. The number of aromatic nitrogens is 1. The monoisotopic (exact) mass is 494 g/mol. The number of likely N-dealkylation sites (N-methyl/N-ethyl adjacent to an activating group) is 1. The highest BCUT2D eigenvalue weighted by molar-refractivity contribution is 7.22. The molecule has 0 saturated heterocycles. The molecule has 5 nitrogen and oxygen atoms in total. The van der Waals surface area contributed by atoms with Gasteiger partial charge in [-0.15, -0.1) is 12.4 Å². The van der Waals surface area contributed by atoms with Gasteiger partial charge in [-0.1, -0.05) is 42.9 Å². The Morgan fingerprint density at radius 3 is 2.16 bits per heavy atom. The molecule has 2 aromatic carbocycles. The predicted molar refractivity (Wildman–Crippen MR) is 141 cm³/mol. The minimum absolute atomic E-state index is 0. The third kappa shape index (κ3) is 5.93. The van der Waals surface area contributed by atoms with Crippen LogP contribution in [-0.4, -0.2) is 55.1 Å². The molecule has 0 bridgehead atoms. The maximum Gasteiger partial charge on any atom is 0.260 e. The van der Waals surface area contributed by atoms with Crippen molar-refractivity contribution in [2.45, 2.75) is 27.7 Å². The summed E-state index contributed by atoms with van der Waals surface area (Å²) >= 11 is 7.85. The first kappa shape index (κ1) is 26.4. The van der Waals surface area contributed by atoms with Crippen LogP contribution < -0.4 is 9.80 Å². The van der Waals surface area contributed by atoms with Gasteiger partial charge in [-0.25, -0.2) is 4.98 Å². The number of para-hydroxylation sites is 1. The van der Waals surface area contributed by atoms with E-state index in [1.165, 1.54) is 11.3 Å². The summed E-state index contributed by atoms with van der Waals surface area (Å²) in [6.07, 6.45) is 0. The van der Waals surface area contributed by atoms with E-state index < -0.39 is 0 Å². The average Bonchev–Trinajstić information content (AvgIpc) is 3.23. The summed E-state index contributed by atoms with van der Waals surface area (Å²) in [5.41, 5.74) is 2.55. The molecule has 8 heteroatoms. The smallest absolute Gasteiger partial charge is 0.260 e. The minimum atomic E-state index is -0.0339. The molecule has 1 amide bonds. The quantitative estimate of drug-likeness (QED) is 0.336. The lowest BCUT2D eigenvalue weighted by Gasteiger charge is -2.25. The maximum atomic E-state index is 13.5. The van der Waals surface area contributed by atoms with E-state index in [0.717, 1.165) is 48.6 Å². The number of amides is 1. The molecule has 0 spiro atoms. The Bertz CT molecular complexity index is 1000. The molecule has 1 aromatic heterocycles. The molecule has 0 aliphatic rings. The Labute approximate surface area is 206 Å². The molecule has 0 atom stereocenters. The van der Waals surface area contributed by atoms with E-state index in [9.17, 15) is 4.79 Å². The Balaban J connectivity index is 0.00000363. The number of thiazole rings is 1. The van der Waals surface area contributed by atoms with Crippen molar-refractivity contribution < 1.29 is 4.79 Å². The number of carbonyl (C=O) groups is 1. The van der Waals surface area contributed by atoms with Gasteiger partial charge in [0.2, 0.25) is 0 Å². The lowest BCUT2D eigenvalue weighted by molar-refractivity contribution is 0.0984. The van der Waals surface area contributed by atoms with Crippen LogP contribution in [0.2, 0.25) is 5.02 Å². The minimum Gasteiger partial charge on any atom is -0.372 e. The van der Waals surface area contributed by atoms with E-state index in [-0.39, 0.29) is 18.3 Å². The van der Waals surface area contributed by atoms with Gasteiger partial charge < -0.3 is 9.80 Å². The second kappa shape index (κ2) is 12.4. The van der Waals surface area contributed by atoms with Crippen LogP contribution in [0, 0.1) is 0 Å². The Kier molecular flexibility index (Phi) is 10.2. The Hall–Kier alpha value is -1.86. The summed E-state index contributed by atoms with van der Waals surface area (Å²) in [4.78, 5) is 24.6. The van der Waals surface area contributed by atoms with Crippen LogP contribution in [0.4, 0.5) is 10.8 Å². The SMILES string of the molecule is CCN(CC)CCN(C(=O)c1ccc(N(CC)CC)cc1)c1nc2c(Cl)cccc2s1.Cl. The fourth-order valence-electron chi connectivity index (χ4n) is 3.64. The molecule has 0 radical (unpaired) electrons. The first-order chi connectivity index (χ1) is 15.0. The molecule has 0 aliphatic heterocycles. The van der Waals surface area contributed by atoms with Crippen LogP contribution >= 0.6 is 35.3 Å². The predicted octanol–water partition coefficient (Wildman–Crippen LogP) is 6.21. The number of fused-ring (bicyclic) bond motifs is 1. The molecule has 3 aromatic rings. The van der Waals surface area contributed by atoms with E-state index in [1.807, 2.05) is 42.5 Å². The zero-order valence-electron chi connectivity index (χ0n) is 19.2. The molecule has 0 N–H and O–H groups in total. The molecule has 0 fully saturated rings. The topological polar surface area (TPSA) is 39.7 Å². The molecule has 0 saturated carbocycles. The van der Waals surface area contributed by atoms with Gasteiger partial charge in [-0.3, -0.25) is 9.69 Å². The highest BCUT2D eigenvalue weighted by Crippen LogP contribution is 2.33. The summed E-state index contributed by atoms with van der Waals surface area (Å²) in [6, 6.07) is 13.6. The lowest BCUT2D eigenvalue weighted by atomic mass is 10.1. The van der Waals surface area contributed by atoms with Gasteiger partial charge in [-0.2, -0.15) is 0 Å². The largest absolute Gasteiger partial charge is 0.372 e. The van der Waals surface area contributed by atoms with Crippen molar-refractivity contribution in [3.8, 4) is 0 Å². The average molecular weight is 496 g/mol. The number of benzene rings is 2. The van der Waals surface area contributed by atoms with E-state index in [1.54, 1.807) is 4.90 Å². The summed E-state index contributed by atoms with van der Waals surface area (Å²) in [6.45, 7) is 13.7. The van der Waals surface area contributed by atoms with Gasteiger partial charge in [-0.05, 0) is 63.3 Å². The fraction of sp³-hybridized carbons (Fsp3) is 0.417. The molecule has 0 aliphatic carbocycles. The van der Waals surface area contributed by atoms with Crippen LogP contribution in [0.3, 0.4) is 0 Å². The number of hydrogen-bond acceptors (Lipinski definition) is 5. The van der Waals surface area contributed by atoms with E-state index in [0.29, 0.717) is 22.3 Å². The van der Waals surface area contributed by atoms with Gasteiger partial charge in [0.05, 0.1) is 9.72 Å². The molecular weight excluding hydrogens is 463 g/mol. The number of rotatable bonds is 10. The number of halogens is 2. The maximum absolute atomic E-state index is 13.5. The molecule has 3 rings (SSSR count). The fourth-order valence-corrected chi connectivity index (χ4v) is 4.93. The summed E-state index contributed by atoms with van der Waals surface area (Å²) in [5.74, 6) is -0.0339. The van der Waals surface area contributed by atoms with Crippen LogP contribution in [0.25, 0.3) is 10.2 Å². The van der Waals surface area contributed by atoms with Crippen LogP contribution in [0.5, 0.6) is 0 Å². The van der Waals surface area contributed by atoms with Gasteiger partial charge in [0.15, 0.2) is 5.13 Å². The van der Waals surface area contributed by atoms with Crippen LogP contribution in [-0.2, 0) is 0 Å². The normalized spacial score (nSPS) is 10.9. The lowest BCUT2D eigenvalue weighted by Crippen LogP contribution is -2.38. The second-order valence-corrected chi connectivity index (χ2v) is 8.70. The van der Waals surface area contributed by atoms with Gasteiger partial charge in [0.25, 0.3) is 5.91 Å².